The Kier molecular flexibility index (Phi) is 3.86. The van der Waals surface area contributed by atoms with Crippen molar-refractivity contribution in [3.8, 4) is 0 Å². The van der Waals surface area contributed by atoms with Gasteiger partial charge >= 0.3 is 6.03 Å². The molecule has 0 saturated carbocycles. The number of nitrogen functional groups attached to an aromatic ring is 1. The maximum absolute atomic E-state index is 13.1. The van der Waals surface area contributed by atoms with E-state index in [1.54, 1.807) is 5.32 Å². The molecule has 0 aliphatic heterocycles. The molecule has 0 unspecified atom stereocenters. The van der Waals surface area contributed by atoms with Crippen molar-refractivity contribution in [2.75, 3.05) is 11.5 Å². The Labute approximate surface area is 102 Å². The second kappa shape index (κ2) is 5.00. The number of imide groups is 1. The third-order valence-corrected chi connectivity index (χ3v) is 3.53. The first kappa shape index (κ1) is 13.9. The summed E-state index contributed by atoms with van der Waals surface area (Å²) >= 11 is 0. The molecule has 9 heteroatoms. The van der Waals surface area contributed by atoms with Gasteiger partial charge in [0.25, 0.3) is 0 Å². The Hall–Kier alpha value is -2.16. The van der Waals surface area contributed by atoms with Crippen LogP contribution in [0.5, 0.6) is 0 Å². The van der Waals surface area contributed by atoms with Crippen LogP contribution in [0.1, 0.15) is 0 Å². The molecule has 3 amide bonds. The lowest BCUT2D eigenvalue weighted by molar-refractivity contribution is -0.117. The number of carbonyl (C=O) groups excluding carboxylic acids is 2. The quantitative estimate of drug-likeness (QED) is 0.632. The Bertz CT molecular complexity index is 600. The number of sulfone groups is 1. The molecular weight excluding hydrogens is 265 g/mol. The number of benzene rings is 1. The van der Waals surface area contributed by atoms with Crippen molar-refractivity contribution in [2.45, 2.75) is 4.90 Å². The normalized spacial score (nSPS) is 10.9. The minimum Gasteiger partial charge on any atom is -0.396 e. The molecule has 0 aliphatic rings. The fourth-order valence-corrected chi connectivity index (χ4v) is 2.27. The van der Waals surface area contributed by atoms with Crippen molar-refractivity contribution in [1.82, 2.24) is 5.32 Å². The number of primary amides is 1. The van der Waals surface area contributed by atoms with Crippen LogP contribution in [0.3, 0.4) is 0 Å². The molecule has 0 atom stereocenters. The molecule has 5 N–H and O–H groups in total. The number of hydrogen-bond acceptors (Lipinski definition) is 5. The van der Waals surface area contributed by atoms with Crippen molar-refractivity contribution >= 4 is 27.5 Å². The maximum Gasteiger partial charge on any atom is 0.318 e. The lowest BCUT2D eigenvalue weighted by Gasteiger charge is -2.05. The van der Waals surface area contributed by atoms with Crippen molar-refractivity contribution in [2.24, 2.45) is 5.73 Å². The Morgan fingerprint density at radius 2 is 1.94 bits per heavy atom. The summed E-state index contributed by atoms with van der Waals surface area (Å²) in [6, 6.07) is 1.65. The highest BCUT2D eigenvalue weighted by Gasteiger charge is 2.21. The summed E-state index contributed by atoms with van der Waals surface area (Å²) in [5, 5.41) is 1.60. The van der Waals surface area contributed by atoms with Crippen molar-refractivity contribution in [3.05, 3.63) is 24.0 Å². The van der Waals surface area contributed by atoms with Crippen LogP contribution in [-0.2, 0) is 14.6 Å². The van der Waals surface area contributed by atoms with E-state index in [-0.39, 0.29) is 5.69 Å². The van der Waals surface area contributed by atoms with Gasteiger partial charge in [0.2, 0.25) is 5.91 Å². The molecule has 0 saturated heterocycles. The van der Waals surface area contributed by atoms with E-state index in [0.29, 0.717) is 6.07 Å². The van der Waals surface area contributed by atoms with Gasteiger partial charge < -0.3 is 11.5 Å². The number of nitrogens with one attached hydrogen (secondary N) is 1. The van der Waals surface area contributed by atoms with E-state index in [4.69, 9.17) is 5.73 Å². The van der Waals surface area contributed by atoms with Crippen molar-refractivity contribution in [1.29, 1.82) is 0 Å². The van der Waals surface area contributed by atoms with Crippen LogP contribution in [0, 0.1) is 5.82 Å². The fraction of sp³-hybridized carbons (Fsp3) is 0.111. The first-order valence-electron chi connectivity index (χ1n) is 4.59. The number of hydrogen-bond donors (Lipinski definition) is 3. The third kappa shape index (κ3) is 3.42. The smallest absolute Gasteiger partial charge is 0.318 e. The molecule has 7 nitrogen and oxygen atoms in total. The molecule has 0 aromatic heterocycles. The van der Waals surface area contributed by atoms with Crippen LogP contribution >= 0.6 is 0 Å². The highest BCUT2D eigenvalue weighted by atomic mass is 32.2. The van der Waals surface area contributed by atoms with Gasteiger partial charge in [-0.2, -0.15) is 0 Å². The number of nitrogens with two attached hydrogens (primary N) is 2. The van der Waals surface area contributed by atoms with E-state index < -0.39 is 38.2 Å². The second-order valence-corrected chi connectivity index (χ2v) is 5.34. The standard InChI is InChI=1S/C9H10FN3O4S/c10-6-3-5(1-2-7(6)11)18(16,17)4-8(14)13-9(12)15/h1-3H,4,11H2,(H3,12,13,14,15). The Balaban J connectivity index is 2.96. The zero-order valence-corrected chi connectivity index (χ0v) is 9.83. The molecular formula is C9H10FN3O4S. The molecule has 18 heavy (non-hydrogen) atoms. The molecule has 0 fully saturated rings. The summed E-state index contributed by atoms with van der Waals surface area (Å²) in [6.45, 7) is 0. The minimum atomic E-state index is -4.06. The summed E-state index contributed by atoms with van der Waals surface area (Å²) in [5.41, 5.74) is 9.63. The summed E-state index contributed by atoms with van der Waals surface area (Å²) in [4.78, 5) is 21.0. The highest BCUT2D eigenvalue weighted by Crippen LogP contribution is 2.17. The van der Waals surface area contributed by atoms with Gasteiger partial charge in [0, 0.05) is 0 Å². The second-order valence-electron chi connectivity index (χ2n) is 3.35. The zero-order valence-electron chi connectivity index (χ0n) is 9.01. The number of amides is 3. The van der Waals surface area contributed by atoms with Gasteiger partial charge in [-0.3, -0.25) is 10.1 Å². The fourth-order valence-electron chi connectivity index (χ4n) is 1.13. The van der Waals surface area contributed by atoms with Crippen LogP contribution in [0.4, 0.5) is 14.9 Å². The Morgan fingerprint density at radius 1 is 1.33 bits per heavy atom. The van der Waals surface area contributed by atoms with E-state index in [1.165, 1.54) is 0 Å². The summed E-state index contributed by atoms with van der Waals surface area (Å²) < 4.78 is 36.4. The van der Waals surface area contributed by atoms with Gasteiger partial charge in [0.1, 0.15) is 11.6 Å². The number of urea groups is 1. The molecule has 0 aliphatic carbocycles. The maximum atomic E-state index is 13.1. The molecule has 0 heterocycles. The predicted molar refractivity (Wildman–Crippen MR) is 60.6 cm³/mol. The number of anilines is 1. The van der Waals surface area contributed by atoms with Crippen LogP contribution in [0.25, 0.3) is 0 Å². The zero-order chi connectivity index (χ0) is 13.9. The molecule has 0 radical (unpaired) electrons. The SMILES string of the molecule is NC(=O)NC(=O)CS(=O)(=O)c1ccc(N)c(F)c1. The van der Waals surface area contributed by atoms with Gasteiger partial charge in [-0.1, -0.05) is 0 Å². The lowest BCUT2D eigenvalue weighted by Crippen LogP contribution is -2.38. The van der Waals surface area contributed by atoms with Crippen LogP contribution in [0.2, 0.25) is 0 Å². The van der Waals surface area contributed by atoms with Crippen molar-refractivity contribution in [3.63, 3.8) is 0 Å². The van der Waals surface area contributed by atoms with Gasteiger partial charge in [0.05, 0.1) is 10.6 Å². The van der Waals surface area contributed by atoms with E-state index in [9.17, 15) is 22.4 Å². The summed E-state index contributed by atoms with van der Waals surface area (Å²) in [6.07, 6.45) is 0. The van der Waals surface area contributed by atoms with Gasteiger partial charge in [-0.15, -0.1) is 0 Å². The van der Waals surface area contributed by atoms with Gasteiger partial charge in [-0.05, 0) is 18.2 Å². The lowest BCUT2D eigenvalue weighted by atomic mass is 10.3. The molecule has 0 spiro atoms. The monoisotopic (exact) mass is 275 g/mol. The van der Waals surface area contributed by atoms with E-state index in [1.807, 2.05) is 0 Å². The number of rotatable bonds is 3. The Morgan fingerprint density at radius 3 is 2.44 bits per heavy atom. The topological polar surface area (TPSA) is 132 Å². The van der Waals surface area contributed by atoms with Crippen LogP contribution < -0.4 is 16.8 Å². The highest BCUT2D eigenvalue weighted by molar-refractivity contribution is 7.92. The van der Waals surface area contributed by atoms with Crippen molar-refractivity contribution < 1.29 is 22.4 Å². The summed E-state index contributed by atoms with van der Waals surface area (Å²) in [7, 11) is -4.06. The third-order valence-electron chi connectivity index (χ3n) is 1.91. The molecule has 1 rings (SSSR count). The summed E-state index contributed by atoms with van der Waals surface area (Å²) in [5.74, 6) is -3.02. The van der Waals surface area contributed by atoms with E-state index in [0.717, 1.165) is 12.1 Å². The minimum absolute atomic E-state index is 0.212. The number of carbonyl (C=O) groups is 2. The number of halogens is 1. The van der Waals surface area contributed by atoms with Crippen LogP contribution in [0.15, 0.2) is 23.1 Å². The first-order valence-corrected chi connectivity index (χ1v) is 6.24. The van der Waals surface area contributed by atoms with Crippen LogP contribution in [-0.4, -0.2) is 26.1 Å². The average Bonchev–Trinajstić information content (AvgIpc) is 2.19. The molecule has 98 valence electrons. The van der Waals surface area contributed by atoms with Gasteiger partial charge in [-0.25, -0.2) is 17.6 Å². The van der Waals surface area contributed by atoms with Gasteiger partial charge in [0.15, 0.2) is 9.84 Å². The first-order chi connectivity index (χ1) is 8.22. The van der Waals surface area contributed by atoms with E-state index >= 15 is 0 Å². The predicted octanol–water partition coefficient (Wildman–Crippen LogP) is -0.623. The van der Waals surface area contributed by atoms with E-state index in [2.05, 4.69) is 5.73 Å². The average molecular weight is 275 g/mol. The largest absolute Gasteiger partial charge is 0.396 e. The molecule has 0 bridgehead atoms. The molecule has 1 aromatic carbocycles. The molecule has 1 aromatic rings.